The van der Waals surface area contributed by atoms with E-state index in [1.54, 1.807) is 0 Å². The highest BCUT2D eigenvalue weighted by atomic mass is 79.9. The highest BCUT2D eigenvalue weighted by Crippen LogP contribution is 2.22. The summed E-state index contributed by atoms with van der Waals surface area (Å²) < 4.78 is 0.827. The van der Waals surface area contributed by atoms with Crippen LogP contribution in [-0.2, 0) is 11.2 Å². The first-order valence-corrected chi connectivity index (χ1v) is 5.04. The molecule has 0 unspecified atom stereocenters. The second-order valence-corrected chi connectivity index (χ2v) is 4.39. The van der Waals surface area contributed by atoms with E-state index in [4.69, 9.17) is 5.11 Å². The van der Waals surface area contributed by atoms with E-state index in [2.05, 4.69) is 20.9 Å². The van der Waals surface area contributed by atoms with Gasteiger partial charge in [0.1, 0.15) is 4.60 Å². The van der Waals surface area contributed by atoms with Crippen molar-refractivity contribution in [2.45, 2.75) is 19.8 Å². The molecule has 5 heteroatoms. The van der Waals surface area contributed by atoms with Gasteiger partial charge in [-0.25, -0.2) is 4.98 Å². The Balaban J connectivity index is 2.58. The van der Waals surface area contributed by atoms with Gasteiger partial charge in [0, 0.05) is 11.3 Å². The van der Waals surface area contributed by atoms with E-state index < -0.39 is 5.97 Å². The lowest BCUT2D eigenvalue weighted by Crippen LogP contribution is -1.96. The van der Waals surface area contributed by atoms with Crippen molar-refractivity contribution in [3.8, 4) is 0 Å². The van der Waals surface area contributed by atoms with Crippen LogP contribution >= 0.6 is 27.3 Å². The number of halogens is 1. The summed E-state index contributed by atoms with van der Waals surface area (Å²) in [4.78, 5) is 15.5. The first-order valence-electron chi connectivity index (χ1n) is 3.43. The van der Waals surface area contributed by atoms with Crippen molar-refractivity contribution in [1.82, 2.24) is 4.98 Å². The minimum atomic E-state index is -0.779. The maximum atomic E-state index is 10.2. The highest BCUT2D eigenvalue weighted by molar-refractivity contribution is 9.10. The molecule has 0 atom stereocenters. The van der Waals surface area contributed by atoms with Gasteiger partial charge >= 0.3 is 5.97 Å². The molecule has 0 amide bonds. The molecule has 0 aliphatic rings. The number of hydrogen-bond acceptors (Lipinski definition) is 3. The largest absolute Gasteiger partial charge is 0.481 e. The third-order valence-corrected chi connectivity index (χ3v) is 3.40. The quantitative estimate of drug-likeness (QED) is 0.894. The Bertz CT molecular complexity index is 278. The predicted molar refractivity (Wildman–Crippen MR) is 50.5 cm³/mol. The molecule has 1 heterocycles. The average Bonchev–Trinajstić information content (AvgIpc) is 2.28. The molecular weight excluding hydrogens is 242 g/mol. The van der Waals surface area contributed by atoms with Crippen LogP contribution in [0.5, 0.6) is 0 Å². The molecule has 0 spiro atoms. The van der Waals surface area contributed by atoms with E-state index in [9.17, 15) is 4.79 Å². The maximum absolute atomic E-state index is 10.2. The molecule has 1 N–H and O–H groups in total. The van der Waals surface area contributed by atoms with E-state index in [1.807, 2.05) is 6.92 Å². The Morgan fingerprint density at radius 2 is 2.42 bits per heavy atom. The lowest BCUT2D eigenvalue weighted by atomic mass is 10.3. The van der Waals surface area contributed by atoms with Gasteiger partial charge < -0.3 is 5.11 Å². The standard InChI is InChI=1S/C7H8BrNO2S/c1-4-7(8)9-5(12-4)2-3-6(10)11/h2-3H2,1H3,(H,10,11). The lowest BCUT2D eigenvalue weighted by molar-refractivity contribution is -0.136. The van der Waals surface area contributed by atoms with Gasteiger partial charge in [-0.3, -0.25) is 4.79 Å². The number of carbonyl (C=O) groups is 1. The second kappa shape index (κ2) is 4.00. The molecule has 0 aliphatic carbocycles. The molecule has 0 fully saturated rings. The summed E-state index contributed by atoms with van der Waals surface area (Å²) in [6.45, 7) is 1.95. The van der Waals surface area contributed by atoms with Crippen LogP contribution in [0.25, 0.3) is 0 Å². The van der Waals surface area contributed by atoms with Crippen molar-refractivity contribution in [2.75, 3.05) is 0 Å². The van der Waals surface area contributed by atoms with Crippen LogP contribution in [0, 0.1) is 6.92 Å². The van der Waals surface area contributed by atoms with Crippen molar-refractivity contribution >= 4 is 33.2 Å². The first kappa shape index (κ1) is 9.67. The Morgan fingerprint density at radius 1 is 1.75 bits per heavy atom. The fraction of sp³-hybridized carbons (Fsp3) is 0.429. The van der Waals surface area contributed by atoms with Gasteiger partial charge in [0.2, 0.25) is 0 Å². The van der Waals surface area contributed by atoms with Gasteiger partial charge in [-0.2, -0.15) is 0 Å². The molecular formula is C7H8BrNO2S. The van der Waals surface area contributed by atoms with Crippen LogP contribution in [0.2, 0.25) is 0 Å². The third kappa shape index (κ3) is 2.57. The second-order valence-electron chi connectivity index (χ2n) is 2.35. The number of aliphatic carboxylic acids is 1. The zero-order valence-electron chi connectivity index (χ0n) is 6.50. The summed E-state index contributed by atoms with van der Waals surface area (Å²) in [5.74, 6) is -0.779. The van der Waals surface area contributed by atoms with E-state index >= 15 is 0 Å². The predicted octanol–water partition coefficient (Wildman–Crippen LogP) is 2.23. The van der Waals surface area contributed by atoms with Crippen LogP contribution in [0.15, 0.2) is 4.60 Å². The number of aromatic nitrogens is 1. The fourth-order valence-corrected chi connectivity index (χ4v) is 2.15. The van der Waals surface area contributed by atoms with Crippen LogP contribution in [0.3, 0.4) is 0 Å². The SMILES string of the molecule is Cc1sc(CCC(=O)O)nc1Br. The summed E-state index contributed by atoms with van der Waals surface area (Å²) in [5.41, 5.74) is 0. The Labute approximate surface area is 82.6 Å². The number of hydrogen-bond donors (Lipinski definition) is 1. The van der Waals surface area contributed by atoms with Gasteiger partial charge in [-0.05, 0) is 22.9 Å². The Hall–Kier alpha value is -0.420. The molecule has 0 saturated heterocycles. The van der Waals surface area contributed by atoms with E-state index in [0.717, 1.165) is 14.5 Å². The molecule has 0 bridgehead atoms. The Morgan fingerprint density at radius 3 is 2.83 bits per heavy atom. The average molecular weight is 250 g/mol. The van der Waals surface area contributed by atoms with E-state index in [1.165, 1.54) is 11.3 Å². The number of rotatable bonds is 3. The number of carboxylic acids is 1. The molecule has 1 aromatic heterocycles. The van der Waals surface area contributed by atoms with Crippen LogP contribution in [0.1, 0.15) is 16.3 Å². The lowest BCUT2D eigenvalue weighted by Gasteiger charge is -1.88. The minimum absolute atomic E-state index is 0.152. The van der Waals surface area contributed by atoms with Gasteiger partial charge in [0.15, 0.2) is 0 Å². The van der Waals surface area contributed by atoms with Crippen molar-refractivity contribution in [1.29, 1.82) is 0 Å². The monoisotopic (exact) mass is 249 g/mol. The summed E-state index contributed by atoms with van der Waals surface area (Å²) in [5, 5.41) is 9.29. The summed E-state index contributed by atoms with van der Waals surface area (Å²) >= 11 is 4.81. The highest BCUT2D eigenvalue weighted by Gasteiger charge is 2.06. The number of nitrogens with zero attached hydrogens (tertiary/aromatic N) is 1. The molecule has 3 nitrogen and oxygen atoms in total. The van der Waals surface area contributed by atoms with Crippen molar-refractivity contribution in [3.05, 3.63) is 14.5 Å². The van der Waals surface area contributed by atoms with Crippen molar-refractivity contribution < 1.29 is 9.90 Å². The summed E-state index contributed by atoms with van der Waals surface area (Å²) in [7, 11) is 0. The molecule has 66 valence electrons. The zero-order chi connectivity index (χ0) is 9.14. The maximum Gasteiger partial charge on any atom is 0.303 e. The molecule has 0 radical (unpaired) electrons. The summed E-state index contributed by atoms with van der Waals surface area (Å²) in [6, 6.07) is 0. The van der Waals surface area contributed by atoms with Gasteiger partial charge in [0.05, 0.1) is 11.4 Å². The number of thiazole rings is 1. The smallest absolute Gasteiger partial charge is 0.303 e. The Kier molecular flexibility index (Phi) is 3.22. The number of aryl methyl sites for hydroxylation is 2. The van der Waals surface area contributed by atoms with Crippen LogP contribution < -0.4 is 0 Å². The minimum Gasteiger partial charge on any atom is -0.481 e. The molecule has 0 saturated carbocycles. The van der Waals surface area contributed by atoms with Crippen LogP contribution in [-0.4, -0.2) is 16.1 Å². The molecule has 0 aliphatic heterocycles. The zero-order valence-corrected chi connectivity index (χ0v) is 8.91. The van der Waals surface area contributed by atoms with E-state index in [0.29, 0.717) is 6.42 Å². The third-order valence-electron chi connectivity index (χ3n) is 1.34. The van der Waals surface area contributed by atoms with Crippen molar-refractivity contribution in [3.63, 3.8) is 0 Å². The van der Waals surface area contributed by atoms with Gasteiger partial charge in [-0.15, -0.1) is 11.3 Å². The van der Waals surface area contributed by atoms with Crippen LogP contribution in [0.4, 0.5) is 0 Å². The molecule has 12 heavy (non-hydrogen) atoms. The van der Waals surface area contributed by atoms with Gasteiger partial charge in [-0.1, -0.05) is 0 Å². The molecule has 0 aromatic carbocycles. The number of carboxylic acid groups (broad SMARTS) is 1. The van der Waals surface area contributed by atoms with Gasteiger partial charge in [0.25, 0.3) is 0 Å². The summed E-state index contributed by atoms with van der Waals surface area (Å²) in [6.07, 6.45) is 0.672. The topological polar surface area (TPSA) is 50.2 Å². The van der Waals surface area contributed by atoms with E-state index in [-0.39, 0.29) is 6.42 Å². The molecule has 1 rings (SSSR count). The normalized spacial score (nSPS) is 10.2. The van der Waals surface area contributed by atoms with Crippen molar-refractivity contribution in [2.24, 2.45) is 0 Å². The fourth-order valence-electron chi connectivity index (χ4n) is 0.751. The first-order chi connectivity index (χ1) is 5.59. The molecule has 1 aromatic rings.